The smallest absolute Gasteiger partial charge is 0.350 e. The molecule has 18 heavy (non-hydrogen) atoms. The molecule has 1 aromatic heterocycles. The number of alkyl halides is 1. The number of nitrogens with one attached hydrogen (secondary N) is 1. The van der Waals surface area contributed by atoms with E-state index in [-0.39, 0.29) is 11.8 Å². The molecule has 0 saturated carbocycles. The van der Waals surface area contributed by atoms with Gasteiger partial charge in [0, 0.05) is 10.1 Å². The molecule has 1 amide bonds. The Morgan fingerprint density at radius 2 is 2.11 bits per heavy atom. The second-order valence-electron chi connectivity index (χ2n) is 3.48. The molecule has 0 aliphatic heterocycles. The van der Waals surface area contributed by atoms with Crippen molar-refractivity contribution in [3.63, 3.8) is 0 Å². The van der Waals surface area contributed by atoms with Crippen LogP contribution < -0.4 is 5.32 Å². The number of amides is 1. The van der Waals surface area contributed by atoms with Crippen LogP contribution in [0.2, 0.25) is 0 Å². The van der Waals surface area contributed by atoms with E-state index in [0.717, 1.165) is 10.1 Å². The lowest BCUT2D eigenvalue weighted by Crippen LogP contribution is -2.14. The Bertz CT molecular complexity index is 608. The van der Waals surface area contributed by atoms with E-state index in [0.29, 0.717) is 10.6 Å². The van der Waals surface area contributed by atoms with Crippen LogP contribution in [0.1, 0.15) is 9.67 Å². The van der Waals surface area contributed by atoms with Crippen molar-refractivity contribution in [3.8, 4) is 0 Å². The number of carbonyl (C=O) groups is 2. The van der Waals surface area contributed by atoms with E-state index in [1.54, 1.807) is 0 Å². The van der Waals surface area contributed by atoms with Gasteiger partial charge in [-0.25, -0.2) is 4.79 Å². The van der Waals surface area contributed by atoms with Gasteiger partial charge in [-0.3, -0.25) is 4.79 Å². The fourth-order valence-electron chi connectivity index (χ4n) is 1.58. The van der Waals surface area contributed by atoms with E-state index in [1.165, 1.54) is 18.4 Å². The minimum absolute atomic E-state index is 0.162. The van der Waals surface area contributed by atoms with Gasteiger partial charge < -0.3 is 10.1 Å². The first-order valence-electron chi connectivity index (χ1n) is 5.13. The lowest BCUT2D eigenvalue weighted by Gasteiger charge is -2.04. The van der Waals surface area contributed by atoms with Crippen LogP contribution in [-0.4, -0.2) is 24.9 Å². The maximum atomic E-state index is 11.7. The van der Waals surface area contributed by atoms with Crippen molar-refractivity contribution in [2.75, 3.05) is 18.3 Å². The quantitative estimate of drug-likeness (QED) is 0.696. The van der Waals surface area contributed by atoms with Crippen molar-refractivity contribution in [1.29, 1.82) is 0 Å². The first kappa shape index (κ1) is 12.9. The van der Waals surface area contributed by atoms with Crippen molar-refractivity contribution in [2.24, 2.45) is 0 Å². The number of esters is 1. The predicted molar refractivity (Wildman–Crippen MR) is 72.5 cm³/mol. The summed E-state index contributed by atoms with van der Waals surface area (Å²) in [6.45, 7) is 0. The lowest BCUT2D eigenvalue weighted by atomic mass is 10.2. The molecular weight excluding hydrogens is 274 g/mol. The van der Waals surface area contributed by atoms with Crippen LogP contribution in [0, 0.1) is 0 Å². The first-order chi connectivity index (χ1) is 8.67. The summed E-state index contributed by atoms with van der Waals surface area (Å²) in [6.07, 6.45) is 0. The molecule has 0 bridgehead atoms. The molecule has 0 atom stereocenters. The Hall–Kier alpha value is -1.59. The number of halogens is 1. The van der Waals surface area contributed by atoms with Crippen LogP contribution in [0.15, 0.2) is 24.3 Å². The van der Waals surface area contributed by atoms with Gasteiger partial charge in [0.25, 0.3) is 0 Å². The number of benzene rings is 1. The zero-order valence-corrected chi connectivity index (χ0v) is 11.1. The van der Waals surface area contributed by atoms with E-state index in [9.17, 15) is 9.59 Å². The second kappa shape index (κ2) is 5.37. The van der Waals surface area contributed by atoms with Gasteiger partial charge in [0.15, 0.2) is 0 Å². The molecule has 0 aliphatic rings. The monoisotopic (exact) mass is 283 g/mol. The van der Waals surface area contributed by atoms with Gasteiger partial charge in [-0.15, -0.1) is 22.9 Å². The maximum Gasteiger partial charge on any atom is 0.350 e. The molecule has 0 fully saturated rings. The molecule has 2 aromatic rings. The SMILES string of the molecule is COC(=O)c1sc2ccccc2c1NC(=O)CCl. The van der Waals surface area contributed by atoms with E-state index in [4.69, 9.17) is 16.3 Å². The van der Waals surface area contributed by atoms with Crippen molar-refractivity contribution in [3.05, 3.63) is 29.1 Å². The highest BCUT2D eigenvalue weighted by atomic mass is 35.5. The third kappa shape index (κ3) is 2.32. The molecule has 2 rings (SSSR count). The van der Waals surface area contributed by atoms with E-state index in [1.807, 2.05) is 24.3 Å². The third-order valence-electron chi connectivity index (χ3n) is 2.35. The summed E-state index contributed by atoms with van der Waals surface area (Å²) in [4.78, 5) is 23.4. The third-order valence-corrected chi connectivity index (χ3v) is 3.75. The number of anilines is 1. The normalized spacial score (nSPS) is 10.3. The first-order valence-corrected chi connectivity index (χ1v) is 6.48. The molecule has 1 heterocycles. The average molecular weight is 284 g/mol. The molecule has 0 spiro atoms. The summed E-state index contributed by atoms with van der Waals surface area (Å²) in [7, 11) is 1.31. The average Bonchev–Trinajstić information content (AvgIpc) is 2.77. The summed E-state index contributed by atoms with van der Waals surface area (Å²) in [5, 5.41) is 3.44. The fraction of sp³-hybridized carbons (Fsp3) is 0.167. The van der Waals surface area contributed by atoms with Gasteiger partial charge in [-0.1, -0.05) is 18.2 Å². The lowest BCUT2D eigenvalue weighted by molar-refractivity contribution is -0.113. The number of fused-ring (bicyclic) bond motifs is 1. The Morgan fingerprint density at radius 1 is 1.39 bits per heavy atom. The highest BCUT2D eigenvalue weighted by molar-refractivity contribution is 7.21. The number of ether oxygens (including phenoxy) is 1. The minimum atomic E-state index is -0.471. The van der Waals surface area contributed by atoms with Gasteiger partial charge in [0.05, 0.1) is 12.8 Å². The van der Waals surface area contributed by atoms with Gasteiger partial charge in [-0.05, 0) is 6.07 Å². The van der Waals surface area contributed by atoms with Crippen LogP contribution in [0.25, 0.3) is 10.1 Å². The molecule has 6 heteroatoms. The van der Waals surface area contributed by atoms with Gasteiger partial charge in [0.2, 0.25) is 5.91 Å². The fourth-order valence-corrected chi connectivity index (χ4v) is 2.72. The highest BCUT2D eigenvalue weighted by Gasteiger charge is 2.20. The molecule has 0 radical (unpaired) electrons. The van der Waals surface area contributed by atoms with Crippen molar-refractivity contribution >= 4 is 50.6 Å². The summed E-state index contributed by atoms with van der Waals surface area (Å²) >= 11 is 6.74. The number of thiophene rings is 1. The standard InChI is InChI=1S/C12H10ClNO3S/c1-17-12(16)11-10(14-9(15)6-13)7-4-2-3-5-8(7)18-11/h2-5H,6H2,1H3,(H,14,15). The molecule has 94 valence electrons. The molecule has 0 unspecified atom stereocenters. The Labute approximate surface area is 113 Å². The van der Waals surface area contributed by atoms with Crippen LogP contribution in [-0.2, 0) is 9.53 Å². The predicted octanol–water partition coefficient (Wildman–Crippen LogP) is 2.87. The molecule has 0 aliphatic carbocycles. The summed E-state index contributed by atoms with van der Waals surface area (Å²) in [6, 6.07) is 7.42. The van der Waals surface area contributed by atoms with Crippen LogP contribution in [0.4, 0.5) is 5.69 Å². The number of rotatable bonds is 3. The van der Waals surface area contributed by atoms with Gasteiger partial charge in [0.1, 0.15) is 10.8 Å². The molecular formula is C12H10ClNO3S. The Morgan fingerprint density at radius 3 is 2.78 bits per heavy atom. The van der Waals surface area contributed by atoms with Crippen LogP contribution in [0.3, 0.4) is 0 Å². The van der Waals surface area contributed by atoms with E-state index in [2.05, 4.69) is 5.32 Å². The number of hydrogen-bond acceptors (Lipinski definition) is 4. The van der Waals surface area contributed by atoms with Crippen molar-refractivity contribution < 1.29 is 14.3 Å². The summed E-state index contributed by atoms with van der Waals surface area (Å²) < 4.78 is 5.61. The summed E-state index contributed by atoms with van der Waals surface area (Å²) in [5.74, 6) is -0.989. The Balaban J connectivity index is 2.57. The zero-order valence-electron chi connectivity index (χ0n) is 9.53. The molecule has 1 N–H and O–H groups in total. The van der Waals surface area contributed by atoms with E-state index < -0.39 is 5.97 Å². The maximum absolute atomic E-state index is 11.7. The number of methoxy groups -OCH3 is 1. The van der Waals surface area contributed by atoms with Gasteiger partial charge in [-0.2, -0.15) is 0 Å². The zero-order chi connectivity index (χ0) is 13.1. The Kier molecular flexibility index (Phi) is 3.84. The minimum Gasteiger partial charge on any atom is -0.465 e. The number of carbonyl (C=O) groups excluding carboxylic acids is 2. The topological polar surface area (TPSA) is 55.4 Å². The largest absolute Gasteiger partial charge is 0.465 e. The number of hydrogen-bond donors (Lipinski definition) is 1. The van der Waals surface area contributed by atoms with Crippen molar-refractivity contribution in [1.82, 2.24) is 0 Å². The molecule has 1 aromatic carbocycles. The van der Waals surface area contributed by atoms with Crippen LogP contribution in [0.5, 0.6) is 0 Å². The van der Waals surface area contributed by atoms with E-state index >= 15 is 0 Å². The van der Waals surface area contributed by atoms with Gasteiger partial charge >= 0.3 is 5.97 Å². The highest BCUT2D eigenvalue weighted by Crippen LogP contribution is 2.36. The molecule has 4 nitrogen and oxygen atoms in total. The summed E-state index contributed by atoms with van der Waals surface area (Å²) in [5.41, 5.74) is 0.466. The second-order valence-corrected chi connectivity index (χ2v) is 4.80. The molecule has 0 saturated heterocycles. The van der Waals surface area contributed by atoms with Crippen LogP contribution >= 0.6 is 22.9 Å². The van der Waals surface area contributed by atoms with Crippen molar-refractivity contribution in [2.45, 2.75) is 0 Å².